The predicted octanol–water partition coefficient (Wildman–Crippen LogP) is 2.49. The minimum atomic E-state index is 0.347. The molecule has 0 radical (unpaired) electrons. The maximum atomic E-state index is 3.52. The fourth-order valence-corrected chi connectivity index (χ4v) is 3.83. The monoisotopic (exact) mass is 224 g/mol. The molecule has 16 heavy (non-hydrogen) atoms. The number of hydrogen-bond donors (Lipinski definition) is 1. The molecule has 1 aliphatic heterocycles. The molecule has 2 atom stereocenters. The van der Waals surface area contributed by atoms with Crippen LogP contribution in [0.1, 0.15) is 47.0 Å². The van der Waals surface area contributed by atoms with E-state index in [2.05, 4.69) is 37.9 Å². The van der Waals surface area contributed by atoms with Crippen molar-refractivity contribution in [1.29, 1.82) is 0 Å². The average molecular weight is 224 g/mol. The molecule has 2 aliphatic rings. The molecular weight excluding hydrogens is 196 g/mol. The van der Waals surface area contributed by atoms with E-state index in [1.807, 2.05) is 0 Å². The van der Waals surface area contributed by atoms with Gasteiger partial charge in [-0.2, -0.15) is 0 Å². The molecule has 2 unspecified atom stereocenters. The molecule has 0 aromatic rings. The molecule has 2 fully saturated rings. The molecule has 0 amide bonds. The highest BCUT2D eigenvalue weighted by atomic mass is 15.3. The minimum absolute atomic E-state index is 0.347. The number of rotatable bonds is 1. The summed E-state index contributed by atoms with van der Waals surface area (Å²) in [6, 6.07) is 0.829. The van der Waals surface area contributed by atoms with Gasteiger partial charge >= 0.3 is 0 Å². The van der Waals surface area contributed by atoms with Gasteiger partial charge in [0.05, 0.1) is 0 Å². The van der Waals surface area contributed by atoms with E-state index in [0.717, 1.165) is 24.4 Å². The Kier molecular flexibility index (Phi) is 3.60. The second-order valence-corrected chi connectivity index (χ2v) is 6.75. The van der Waals surface area contributed by atoms with Crippen molar-refractivity contribution < 1.29 is 0 Å². The summed E-state index contributed by atoms with van der Waals surface area (Å²) in [6.45, 7) is 13.2. The van der Waals surface area contributed by atoms with Crippen molar-refractivity contribution in [3.8, 4) is 0 Å². The van der Waals surface area contributed by atoms with Gasteiger partial charge in [-0.25, -0.2) is 0 Å². The van der Waals surface area contributed by atoms with Crippen LogP contribution >= 0.6 is 0 Å². The summed E-state index contributed by atoms with van der Waals surface area (Å²) in [5.41, 5.74) is 0.347. The lowest BCUT2D eigenvalue weighted by molar-refractivity contribution is 0.00946. The van der Waals surface area contributed by atoms with Gasteiger partial charge in [0, 0.05) is 31.2 Å². The van der Waals surface area contributed by atoms with Crippen LogP contribution in [0.25, 0.3) is 0 Å². The van der Waals surface area contributed by atoms with E-state index in [9.17, 15) is 0 Å². The maximum Gasteiger partial charge on any atom is 0.0281 e. The summed E-state index contributed by atoms with van der Waals surface area (Å²) >= 11 is 0. The standard InChI is InChI=1S/C14H28N2/c1-11-7-12(2)9-13(8-11)16-6-5-15-10-14(16,3)4/h11-13,15H,5-10H2,1-4H3. The van der Waals surface area contributed by atoms with Gasteiger partial charge in [-0.05, 0) is 44.9 Å². The van der Waals surface area contributed by atoms with E-state index in [0.29, 0.717) is 5.54 Å². The van der Waals surface area contributed by atoms with Crippen molar-refractivity contribution in [2.45, 2.75) is 58.5 Å². The smallest absolute Gasteiger partial charge is 0.0281 e. The molecule has 2 heteroatoms. The van der Waals surface area contributed by atoms with Crippen LogP contribution in [-0.4, -0.2) is 36.1 Å². The van der Waals surface area contributed by atoms with Crippen molar-refractivity contribution in [2.24, 2.45) is 11.8 Å². The van der Waals surface area contributed by atoms with Gasteiger partial charge in [0.25, 0.3) is 0 Å². The number of hydrogen-bond acceptors (Lipinski definition) is 2. The van der Waals surface area contributed by atoms with Gasteiger partial charge in [-0.15, -0.1) is 0 Å². The summed E-state index contributed by atoms with van der Waals surface area (Å²) in [7, 11) is 0. The zero-order valence-electron chi connectivity index (χ0n) is 11.4. The molecule has 2 nitrogen and oxygen atoms in total. The number of piperazine rings is 1. The van der Waals surface area contributed by atoms with Gasteiger partial charge in [-0.1, -0.05) is 13.8 Å². The third-order valence-electron chi connectivity index (χ3n) is 4.46. The summed E-state index contributed by atoms with van der Waals surface area (Å²) in [5, 5.41) is 3.52. The summed E-state index contributed by atoms with van der Waals surface area (Å²) in [4.78, 5) is 2.77. The molecular formula is C14H28N2. The number of nitrogens with zero attached hydrogens (tertiary/aromatic N) is 1. The van der Waals surface area contributed by atoms with Crippen molar-refractivity contribution in [3.05, 3.63) is 0 Å². The molecule has 0 aromatic heterocycles. The topological polar surface area (TPSA) is 15.3 Å². The molecule has 0 bridgehead atoms. The molecule has 2 rings (SSSR count). The maximum absolute atomic E-state index is 3.52. The van der Waals surface area contributed by atoms with Crippen LogP contribution in [-0.2, 0) is 0 Å². The minimum Gasteiger partial charge on any atom is -0.314 e. The van der Waals surface area contributed by atoms with Crippen LogP contribution in [0.5, 0.6) is 0 Å². The highest BCUT2D eigenvalue weighted by molar-refractivity contribution is 4.94. The molecule has 1 aliphatic carbocycles. The molecule has 1 heterocycles. The van der Waals surface area contributed by atoms with Crippen LogP contribution in [0.2, 0.25) is 0 Å². The Morgan fingerprint density at radius 1 is 1.06 bits per heavy atom. The van der Waals surface area contributed by atoms with Crippen molar-refractivity contribution >= 4 is 0 Å². The Bertz CT molecular complexity index is 227. The molecule has 94 valence electrons. The zero-order chi connectivity index (χ0) is 11.8. The van der Waals surface area contributed by atoms with E-state index < -0.39 is 0 Å². The van der Waals surface area contributed by atoms with Crippen LogP contribution in [0, 0.1) is 11.8 Å². The highest BCUT2D eigenvalue weighted by Gasteiger charge is 2.37. The van der Waals surface area contributed by atoms with Crippen LogP contribution in [0.3, 0.4) is 0 Å². The van der Waals surface area contributed by atoms with Gasteiger partial charge in [0.2, 0.25) is 0 Å². The van der Waals surface area contributed by atoms with E-state index in [1.165, 1.54) is 32.4 Å². The van der Waals surface area contributed by atoms with Crippen LogP contribution in [0.15, 0.2) is 0 Å². The van der Waals surface area contributed by atoms with Crippen molar-refractivity contribution in [1.82, 2.24) is 10.2 Å². The van der Waals surface area contributed by atoms with Crippen LogP contribution < -0.4 is 5.32 Å². The lowest BCUT2D eigenvalue weighted by Gasteiger charge is -2.50. The van der Waals surface area contributed by atoms with E-state index in [4.69, 9.17) is 0 Å². The summed E-state index contributed by atoms with van der Waals surface area (Å²) in [5.74, 6) is 1.83. The van der Waals surface area contributed by atoms with Gasteiger partial charge in [0.15, 0.2) is 0 Å². The molecule has 1 saturated heterocycles. The van der Waals surface area contributed by atoms with Crippen molar-refractivity contribution in [2.75, 3.05) is 19.6 Å². The van der Waals surface area contributed by atoms with Crippen molar-refractivity contribution in [3.63, 3.8) is 0 Å². The second-order valence-electron chi connectivity index (χ2n) is 6.75. The Balaban J connectivity index is 2.04. The van der Waals surface area contributed by atoms with Gasteiger partial charge in [-0.3, -0.25) is 4.90 Å². The molecule has 1 saturated carbocycles. The zero-order valence-corrected chi connectivity index (χ0v) is 11.4. The Morgan fingerprint density at radius 2 is 1.69 bits per heavy atom. The quantitative estimate of drug-likeness (QED) is 0.736. The summed E-state index contributed by atoms with van der Waals surface area (Å²) in [6.07, 6.45) is 4.25. The van der Waals surface area contributed by atoms with E-state index in [-0.39, 0.29) is 0 Å². The Hall–Kier alpha value is -0.0800. The van der Waals surface area contributed by atoms with Gasteiger partial charge in [0.1, 0.15) is 0 Å². The van der Waals surface area contributed by atoms with E-state index >= 15 is 0 Å². The first-order valence-corrected chi connectivity index (χ1v) is 6.96. The lowest BCUT2D eigenvalue weighted by Crippen LogP contribution is -2.62. The SMILES string of the molecule is CC1CC(C)CC(N2CCNCC2(C)C)C1. The third kappa shape index (κ3) is 2.60. The normalized spacial score (nSPS) is 40.9. The molecule has 0 aromatic carbocycles. The molecule has 1 N–H and O–H groups in total. The first-order valence-electron chi connectivity index (χ1n) is 6.96. The first kappa shape index (κ1) is 12.4. The number of nitrogens with one attached hydrogen (secondary N) is 1. The van der Waals surface area contributed by atoms with Crippen LogP contribution in [0.4, 0.5) is 0 Å². The first-order chi connectivity index (χ1) is 7.49. The fraction of sp³-hybridized carbons (Fsp3) is 1.00. The Morgan fingerprint density at radius 3 is 2.25 bits per heavy atom. The summed E-state index contributed by atoms with van der Waals surface area (Å²) < 4.78 is 0. The predicted molar refractivity (Wildman–Crippen MR) is 69.6 cm³/mol. The molecule has 0 spiro atoms. The third-order valence-corrected chi connectivity index (χ3v) is 4.46. The van der Waals surface area contributed by atoms with E-state index in [1.54, 1.807) is 0 Å². The largest absolute Gasteiger partial charge is 0.314 e. The fourth-order valence-electron chi connectivity index (χ4n) is 3.83. The average Bonchev–Trinajstić information content (AvgIpc) is 2.15. The lowest BCUT2D eigenvalue weighted by atomic mass is 9.78. The van der Waals surface area contributed by atoms with Gasteiger partial charge < -0.3 is 5.32 Å². The second kappa shape index (κ2) is 4.66. The highest BCUT2D eigenvalue weighted by Crippen LogP contribution is 2.34. The Labute approximate surface area is 101 Å².